The molecule has 0 aliphatic carbocycles. The number of aliphatic carboxylic acids is 1. The summed E-state index contributed by atoms with van der Waals surface area (Å²) in [6.45, 7) is -0.481. The Morgan fingerprint density at radius 2 is 1.65 bits per heavy atom. The van der Waals surface area contributed by atoms with Crippen molar-refractivity contribution in [2.45, 2.75) is 0 Å². The molecule has 102 valence electrons. The maximum Gasteiger partial charge on any atom is 0.344 e. The standard InChI is InChI=1S/C15H14N2O3/c16-13-8-6-12(7-9-13)15(17-20-10-14(18)19)11-4-2-1-3-5-11/h1-9H,10,16H2,(H,18,19). The molecule has 0 atom stereocenters. The fraction of sp³-hybridized carbons (Fsp3) is 0.0667. The molecule has 2 rings (SSSR count). The minimum atomic E-state index is -1.07. The lowest BCUT2D eigenvalue weighted by atomic mass is 10.0. The minimum Gasteiger partial charge on any atom is -0.479 e. The quantitative estimate of drug-likeness (QED) is 0.495. The van der Waals surface area contributed by atoms with Crippen LogP contribution in [0.5, 0.6) is 0 Å². The van der Waals surface area contributed by atoms with E-state index in [1.165, 1.54) is 0 Å². The SMILES string of the molecule is Nc1ccc(C(=NOCC(=O)O)c2ccccc2)cc1. The zero-order chi connectivity index (χ0) is 14.4. The van der Waals surface area contributed by atoms with Gasteiger partial charge in [0, 0.05) is 16.8 Å². The molecule has 2 aromatic carbocycles. The van der Waals surface area contributed by atoms with E-state index in [0.29, 0.717) is 11.4 Å². The summed E-state index contributed by atoms with van der Waals surface area (Å²) in [5.74, 6) is -1.07. The van der Waals surface area contributed by atoms with E-state index in [1.807, 2.05) is 42.5 Å². The van der Waals surface area contributed by atoms with Crippen molar-refractivity contribution in [3.63, 3.8) is 0 Å². The first kappa shape index (κ1) is 13.6. The van der Waals surface area contributed by atoms with Crippen LogP contribution in [-0.2, 0) is 9.63 Å². The molecule has 20 heavy (non-hydrogen) atoms. The molecule has 0 aliphatic heterocycles. The van der Waals surface area contributed by atoms with Gasteiger partial charge in [0.2, 0.25) is 6.61 Å². The summed E-state index contributed by atoms with van der Waals surface area (Å²) >= 11 is 0. The summed E-state index contributed by atoms with van der Waals surface area (Å²) in [7, 11) is 0. The highest BCUT2D eigenvalue weighted by Crippen LogP contribution is 2.13. The molecular formula is C15H14N2O3. The van der Waals surface area contributed by atoms with Crippen molar-refractivity contribution in [1.82, 2.24) is 0 Å². The summed E-state index contributed by atoms with van der Waals surface area (Å²) in [6.07, 6.45) is 0. The predicted molar refractivity (Wildman–Crippen MR) is 76.5 cm³/mol. The Kier molecular flexibility index (Phi) is 4.34. The Balaban J connectivity index is 2.34. The molecule has 0 unspecified atom stereocenters. The fourth-order valence-corrected chi connectivity index (χ4v) is 1.66. The number of nitrogens with two attached hydrogens (primary N) is 1. The molecule has 0 aromatic heterocycles. The molecule has 0 amide bonds. The average Bonchev–Trinajstić information content (AvgIpc) is 2.46. The van der Waals surface area contributed by atoms with Crippen LogP contribution in [0.4, 0.5) is 5.69 Å². The monoisotopic (exact) mass is 270 g/mol. The van der Waals surface area contributed by atoms with E-state index < -0.39 is 12.6 Å². The zero-order valence-electron chi connectivity index (χ0n) is 10.7. The van der Waals surface area contributed by atoms with Crippen molar-refractivity contribution in [3.8, 4) is 0 Å². The minimum absolute atomic E-state index is 0.481. The van der Waals surface area contributed by atoms with Crippen molar-refractivity contribution >= 4 is 17.4 Å². The lowest BCUT2D eigenvalue weighted by molar-refractivity contribution is -0.142. The van der Waals surface area contributed by atoms with Crippen molar-refractivity contribution in [3.05, 3.63) is 65.7 Å². The fourth-order valence-electron chi connectivity index (χ4n) is 1.66. The van der Waals surface area contributed by atoms with Gasteiger partial charge in [0.25, 0.3) is 0 Å². The first-order valence-corrected chi connectivity index (χ1v) is 6.00. The first-order valence-electron chi connectivity index (χ1n) is 6.00. The van der Waals surface area contributed by atoms with E-state index in [0.717, 1.165) is 11.1 Å². The van der Waals surface area contributed by atoms with Crippen LogP contribution >= 0.6 is 0 Å². The van der Waals surface area contributed by atoms with E-state index in [2.05, 4.69) is 5.16 Å². The number of rotatable bonds is 5. The number of nitrogens with zero attached hydrogens (tertiary/aromatic N) is 1. The number of hydrogen-bond donors (Lipinski definition) is 2. The third-order valence-electron chi connectivity index (χ3n) is 2.58. The number of anilines is 1. The van der Waals surface area contributed by atoms with Crippen molar-refractivity contribution < 1.29 is 14.7 Å². The second kappa shape index (κ2) is 6.38. The first-order chi connectivity index (χ1) is 9.66. The van der Waals surface area contributed by atoms with Crippen molar-refractivity contribution in [2.24, 2.45) is 5.16 Å². The molecule has 5 nitrogen and oxygen atoms in total. The maximum atomic E-state index is 10.5. The molecule has 0 fully saturated rings. The summed E-state index contributed by atoms with van der Waals surface area (Å²) in [4.78, 5) is 15.3. The summed E-state index contributed by atoms with van der Waals surface area (Å²) in [5, 5.41) is 12.5. The number of hydrogen-bond acceptors (Lipinski definition) is 4. The van der Waals surface area contributed by atoms with Gasteiger partial charge in [-0.2, -0.15) is 0 Å². The molecular weight excluding hydrogens is 256 g/mol. The van der Waals surface area contributed by atoms with Gasteiger partial charge in [-0.1, -0.05) is 47.6 Å². The van der Waals surface area contributed by atoms with Gasteiger partial charge >= 0.3 is 5.97 Å². The average molecular weight is 270 g/mol. The molecule has 0 radical (unpaired) electrons. The molecule has 5 heteroatoms. The Morgan fingerprint density at radius 3 is 2.25 bits per heavy atom. The Labute approximate surface area is 116 Å². The van der Waals surface area contributed by atoms with Crippen LogP contribution in [0.15, 0.2) is 59.8 Å². The molecule has 3 N–H and O–H groups in total. The zero-order valence-corrected chi connectivity index (χ0v) is 10.7. The number of nitrogen functional groups attached to an aromatic ring is 1. The van der Waals surface area contributed by atoms with Gasteiger partial charge in [-0.05, 0) is 12.1 Å². The summed E-state index contributed by atoms with van der Waals surface area (Å²) in [5.41, 5.74) is 8.50. The Morgan fingerprint density at radius 1 is 1.05 bits per heavy atom. The largest absolute Gasteiger partial charge is 0.479 e. The molecule has 0 spiro atoms. The van der Waals surface area contributed by atoms with Gasteiger partial charge in [0.05, 0.1) is 0 Å². The van der Waals surface area contributed by atoms with E-state index >= 15 is 0 Å². The van der Waals surface area contributed by atoms with Crippen molar-refractivity contribution in [1.29, 1.82) is 0 Å². The summed E-state index contributed by atoms with van der Waals surface area (Å²) in [6, 6.07) is 16.5. The third-order valence-corrected chi connectivity index (χ3v) is 2.58. The molecule has 0 aliphatic rings. The predicted octanol–water partition coefficient (Wildman–Crippen LogP) is 2.12. The second-order valence-electron chi connectivity index (χ2n) is 4.10. The van der Waals surface area contributed by atoms with Crippen molar-refractivity contribution in [2.75, 3.05) is 12.3 Å². The van der Waals surface area contributed by atoms with Gasteiger partial charge in [-0.3, -0.25) is 0 Å². The molecule has 0 bridgehead atoms. The maximum absolute atomic E-state index is 10.5. The lowest BCUT2D eigenvalue weighted by Gasteiger charge is -2.07. The molecule has 0 heterocycles. The van der Waals surface area contributed by atoms with E-state index in [1.54, 1.807) is 12.1 Å². The van der Waals surface area contributed by atoms with E-state index in [4.69, 9.17) is 15.7 Å². The number of carbonyl (C=O) groups is 1. The van der Waals surface area contributed by atoms with Crippen LogP contribution in [0.3, 0.4) is 0 Å². The van der Waals surface area contributed by atoms with Crippen LogP contribution in [0, 0.1) is 0 Å². The van der Waals surface area contributed by atoms with Crippen LogP contribution in [0.1, 0.15) is 11.1 Å². The highest BCUT2D eigenvalue weighted by Gasteiger charge is 2.08. The van der Waals surface area contributed by atoms with Crippen LogP contribution < -0.4 is 5.73 Å². The van der Waals surface area contributed by atoms with Crippen LogP contribution in [0.25, 0.3) is 0 Å². The molecule has 0 saturated carbocycles. The van der Waals surface area contributed by atoms with E-state index in [-0.39, 0.29) is 0 Å². The molecule has 0 saturated heterocycles. The lowest BCUT2D eigenvalue weighted by Crippen LogP contribution is -2.08. The van der Waals surface area contributed by atoms with Gasteiger partial charge in [0.15, 0.2) is 0 Å². The second-order valence-corrected chi connectivity index (χ2v) is 4.10. The van der Waals surface area contributed by atoms with Crippen LogP contribution in [-0.4, -0.2) is 23.4 Å². The Bertz CT molecular complexity index is 607. The Hall–Kier alpha value is -2.82. The number of benzene rings is 2. The number of carboxylic acid groups (broad SMARTS) is 1. The van der Waals surface area contributed by atoms with E-state index in [9.17, 15) is 4.79 Å². The summed E-state index contributed by atoms with van der Waals surface area (Å²) < 4.78 is 0. The highest BCUT2D eigenvalue weighted by atomic mass is 16.6. The topological polar surface area (TPSA) is 84.9 Å². The third kappa shape index (κ3) is 3.58. The highest BCUT2D eigenvalue weighted by molar-refractivity contribution is 6.12. The number of oxime groups is 1. The smallest absolute Gasteiger partial charge is 0.344 e. The van der Waals surface area contributed by atoms with Gasteiger partial charge in [-0.15, -0.1) is 0 Å². The molecule has 2 aromatic rings. The van der Waals surface area contributed by atoms with Gasteiger partial charge in [-0.25, -0.2) is 4.79 Å². The van der Waals surface area contributed by atoms with Crippen LogP contribution in [0.2, 0.25) is 0 Å². The van der Waals surface area contributed by atoms with Gasteiger partial charge < -0.3 is 15.7 Å². The normalized spacial score (nSPS) is 11.1. The number of carboxylic acids is 1. The van der Waals surface area contributed by atoms with Gasteiger partial charge in [0.1, 0.15) is 5.71 Å².